The number of hydrogen-bond acceptors (Lipinski definition) is 5. The summed E-state index contributed by atoms with van der Waals surface area (Å²) in [7, 11) is 1.76. The van der Waals surface area contributed by atoms with Gasteiger partial charge in [-0.3, -0.25) is 14.5 Å². The standard InChI is InChI=1S/C26H29N3O5/c1-28-10-11-29(14-23(28)25(31)32)24(30)21-12-16(21)13-27-26(33)34-15-22-19-8-4-2-6-17(19)18-7-3-5-9-20(18)22/h2-9,16,21-23H,10-15H2,1H3,(H,27,33)(H,31,32)/t16-,21-,23?/m1/s1. The third kappa shape index (κ3) is 4.25. The molecule has 34 heavy (non-hydrogen) atoms. The van der Waals surface area contributed by atoms with E-state index in [1.807, 2.05) is 24.3 Å². The zero-order chi connectivity index (χ0) is 23.8. The van der Waals surface area contributed by atoms with Crippen LogP contribution in [0, 0.1) is 11.8 Å². The zero-order valence-electron chi connectivity index (χ0n) is 19.1. The number of nitrogens with zero attached hydrogens (tertiary/aromatic N) is 2. The molecule has 1 aliphatic heterocycles. The lowest BCUT2D eigenvalue weighted by Gasteiger charge is -2.37. The van der Waals surface area contributed by atoms with Crippen LogP contribution < -0.4 is 5.32 Å². The van der Waals surface area contributed by atoms with E-state index in [0.717, 1.165) is 11.1 Å². The Kier molecular flexibility index (Phi) is 6.00. The fraction of sp³-hybridized carbons (Fsp3) is 0.423. The minimum atomic E-state index is -0.913. The van der Waals surface area contributed by atoms with E-state index in [1.54, 1.807) is 16.8 Å². The molecule has 1 saturated heterocycles. The first kappa shape index (κ1) is 22.4. The van der Waals surface area contributed by atoms with Crippen LogP contribution in [0.1, 0.15) is 23.5 Å². The van der Waals surface area contributed by atoms with Crippen LogP contribution in [0.5, 0.6) is 0 Å². The molecule has 2 aromatic carbocycles. The molecule has 1 heterocycles. The number of fused-ring (bicyclic) bond motifs is 3. The van der Waals surface area contributed by atoms with Crippen LogP contribution in [0.15, 0.2) is 48.5 Å². The van der Waals surface area contributed by atoms with Crippen molar-refractivity contribution in [3.8, 4) is 11.1 Å². The number of aliphatic carboxylic acids is 1. The van der Waals surface area contributed by atoms with Gasteiger partial charge in [-0.1, -0.05) is 48.5 Å². The van der Waals surface area contributed by atoms with Crippen molar-refractivity contribution in [1.82, 2.24) is 15.1 Å². The summed E-state index contributed by atoms with van der Waals surface area (Å²) in [4.78, 5) is 40.0. The van der Waals surface area contributed by atoms with E-state index in [2.05, 4.69) is 29.6 Å². The summed E-state index contributed by atoms with van der Waals surface area (Å²) < 4.78 is 5.57. The molecular weight excluding hydrogens is 434 g/mol. The maximum Gasteiger partial charge on any atom is 0.407 e. The number of carboxylic acids is 1. The molecule has 0 bridgehead atoms. The highest BCUT2D eigenvalue weighted by atomic mass is 16.5. The maximum atomic E-state index is 12.8. The first-order chi connectivity index (χ1) is 16.4. The van der Waals surface area contributed by atoms with Crippen molar-refractivity contribution < 1.29 is 24.2 Å². The largest absolute Gasteiger partial charge is 0.480 e. The monoisotopic (exact) mass is 463 g/mol. The molecular formula is C26H29N3O5. The van der Waals surface area contributed by atoms with Gasteiger partial charge in [0.2, 0.25) is 5.91 Å². The lowest BCUT2D eigenvalue weighted by molar-refractivity contribution is -0.148. The average molecular weight is 464 g/mol. The van der Waals surface area contributed by atoms with Crippen molar-refractivity contribution in [3.63, 3.8) is 0 Å². The Bertz CT molecular complexity index is 1070. The first-order valence-electron chi connectivity index (χ1n) is 11.7. The molecule has 8 heteroatoms. The number of hydrogen-bond donors (Lipinski definition) is 2. The number of benzene rings is 2. The number of carbonyl (C=O) groups is 3. The number of likely N-dealkylation sites (N-methyl/N-ethyl adjacent to an activating group) is 1. The van der Waals surface area contributed by atoms with Crippen LogP contribution in [-0.4, -0.2) is 78.8 Å². The molecule has 8 nitrogen and oxygen atoms in total. The predicted octanol–water partition coefficient (Wildman–Crippen LogP) is 2.39. The van der Waals surface area contributed by atoms with Crippen LogP contribution in [-0.2, 0) is 14.3 Å². The number of nitrogens with one attached hydrogen (secondary N) is 1. The van der Waals surface area contributed by atoms with Crippen LogP contribution in [0.25, 0.3) is 11.1 Å². The summed E-state index contributed by atoms with van der Waals surface area (Å²) in [6, 6.07) is 15.7. The second-order valence-corrected chi connectivity index (χ2v) is 9.43. The number of carbonyl (C=O) groups excluding carboxylic acids is 2. The van der Waals surface area contributed by atoms with E-state index in [-0.39, 0.29) is 36.8 Å². The topological polar surface area (TPSA) is 99.2 Å². The molecule has 0 spiro atoms. The van der Waals surface area contributed by atoms with Crippen molar-refractivity contribution in [3.05, 3.63) is 59.7 Å². The Morgan fingerprint density at radius 3 is 2.32 bits per heavy atom. The lowest BCUT2D eigenvalue weighted by atomic mass is 9.98. The summed E-state index contributed by atoms with van der Waals surface area (Å²) >= 11 is 0. The molecule has 0 radical (unpaired) electrons. The third-order valence-electron chi connectivity index (χ3n) is 7.34. The molecule has 5 rings (SSSR count). The molecule has 2 aromatic rings. The van der Waals surface area contributed by atoms with Crippen molar-refractivity contribution in [1.29, 1.82) is 0 Å². The molecule has 1 saturated carbocycles. The third-order valence-corrected chi connectivity index (χ3v) is 7.34. The highest BCUT2D eigenvalue weighted by Crippen LogP contribution is 2.44. The number of carboxylic acid groups (broad SMARTS) is 1. The molecule has 2 amide bonds. The Morgan fingerprint density at radius 2 is 1.68 bits per heavy atom. The van der Waals surface area contributed by atoms with E-state index in [0.29, 0.717) is 26.1 Å². The summed E-state index contributed by atoms with van der Waals surface area (Å²) in [6.07, 6.45) is 0.220. The van der Waals surface area contributed by atoms with Gasteiger partial charge in [-0.2, -0.15) is 0 Å². The van der Waals surface area contributed by atoms with E-state index in [9.17, 15) is 19.5 Å². The fourth-order valence-electron chi connectivity index (χ4n) is 5.21. The zero-order valence-corrected chi connectivity index (χ0v) is 19.1. The highest BCUT2D eigenvalue weighted by Gasteiger charge is 2.46. The minimum absolute atomic E-state index is 0.00724. The summed E-state index contributed by atoms with van der Waals surface area (Å²) in [5.41, 5.74) is 4.69. The van der Waals surface area contributed by atoms with Gasteiger partial charge in [0.05, 0.1) is 0 Å². The Balaban J connectivity index is 1.10. The molecule has 3 aliphatic rings. The van der Waals surface area contributed by atoms with Crippen molar-refractivity contribution in [2.24, 2.45) is 11.8 Å². The van der Waals surface area contributed by atoms with Crippen LogP contribution in [0.3, 0.4) is 0 Å². The Labute approximate surface area is 198 Å². The number of alkyl carbamates (subject to hydrolysis) is 1. The average Bonchev–Trinajstić information content (AvgIpc) is 3.56. The maximum absolute atomic E-state index is 12.8. The molecule has 178 valence electrons. The quantitative estimate of drug-likeness (QED) is 0.683. The lowest BCUT2D eigenvalue weighted by Crippen LogP contribution is -2.56. The Hall–Kier alpha value is -3.39. The first-order valence-corrected chi connectivity index (χ1v) is 11.7. The van der Waals surface area contributed by atoms with E-state index >= 15 is 0 Å². The number of amides is 2. The number of piperazine rings is 1. The van der Waals surface area contributed by atoms with Gasteiger partial charge in [0.15, 0.2) is 0 Å². The molecule has 1 unspecified atom stereocenters. The van der Waals surface area contributed by atoms with Gasteiger partial charge in [-0.15, -0.1) is 0 Å². The van der Waals surface area contributed by atoms with Crippen molar-refractivity contribution in [2.75, 3.05) is 39.8 Å². The number of ether oxygens (including phenoxy) is 1. The van der Waals surface area contributed by atoms with Gasteiger partial charge in [0.1, 0.15) is 12.6 Å². The van der Waals surface area contributed by atoms with Crippen LogP contribution in [0.2, 0.25) is 0 Å². The van der Waals surface area contributed by atoms with Gasteiger partial charge >= 0.3 is 12.1 Å². The van der Waals surface area contributed by atoms with Gasteiger partial charge in [0.25, 0.3) is 0 Å². The molecule has 3 atom stereocenters. The SMILES string of the molecule is CN1CCN(C(=O)[C@@H]2C[C@@H]2CNC(=O)OCC2c3ccccc3-c3ccccc32)CC1C(=O)O. The summed E-state index contributed by atoms with van der Waals surface area (Å²) in [6.45, 7) is 1.90. The van der Waals surface area contributed by atoms with Crippen molar-refractivity contribution in [2.45, 2.75) is 18.4 Å². The molecule has 2 aliphatic carbocycles. The summed E-state index contributed by atoms with van der Waals surface area (Å²) in [5, 5.41) is 12.2. The second kappa shape index (κ2) is 9.10. The van der Waals surface area contributed by atoms with Crippen molar-refractivity contribution >= 4 is 18.0 Å². The highest BCUT2D eigenvalue weighted by molar-refractivity contribution is 5.83. The van der Waals surface area contributed by atoms with Crippen LogP contribution in [0.4, 0.5) is 4.79 Å². The fourth-order valence-corrected chi connectivity index (χ4v) is 5.21. The van der Waals surface area contributed by atoms with Gasteiger partial charge in [-0.25, -0.2) is 4.79 Å². The minimum Gasteiger partial charge on any atom is -0.480 e. The summed E-state index contributed by atoms with van der Waals surface area (Å²) in [5.74, 6) is -1.02. The smallest absolute Gasteiger partial charge is 0.407 e. The van der Waals surface area contributed by atoms with E-state index < -0.39 is 18.1 Å². The molecule has 2 fully saturated rings. The van der Waals surface area contributed by atoms with Crippen LogP contribution >= 0.6 is 0 Å². The van der Waals surface area contributed by atoms with E-state index in [4.69, 9.17) is 4.74 Å². The molecule has 0 aromatic heterocycles. The van der Waals surface area contributed by atoms with Gasteiger partial charge in [0, 0.05) is 38.0 Å². The van der Waals surface area contributed by atoms with Gasteiger partial charge in [-0.05, 0) is 41.6 Å². The predicted molar refractivity (Wildman–Crippen MR) is 125 cm³/mol. The second-order valence-electron chi connectivity index (χ2n) is 9.43. The Morgan fingerprint density at radius 1 is 1.03 bits per heavy atom. The van der Waals surface area contributed by atoms with E-state index in [1.165, 1.54) is 11.1 Å². The van der Waals surface area contributed by atoms with Gasteiger partial charge < -0.3 is 20.1 Å². The molecule has 2 N–H and O–H groups in total. The normalized spacial score (nSPS) is 23.7. The number of rotatable bonds is 6.